The van der Waals surface area contributed by atoms with Crippen molar-refractivity contribution in [1.29, 1.82) is 0 Å². The molecule has 104 valence electrons. The van der Waals surface area contributed by atoms with Crippen molar-refractivity contribution in [3.63, 3.8) is 0 Å². The third-order valence-corrected chi connectivity index (χ3v) is 6.85. The van der Waals surface area contributed by atoms with Crippen LogP contribution in [-0.4, -0.2) is 15.5 Å². The molecule has 0 aliphatic carbocycles. The minimum atomic E-state index is -3.41. The van der Waals surface area contributed by atoms with Gasteiger partial charge in [-0.2, -0.15) is 0 Å². The Balaban J connectivity index is 2.04. The zero-order chi connectivity index (χ0) is 13.9. The first kappa shape index (κ1) is 15.1. The summed E-state index contributed by atoms with van der Waals surface area (Å²) in [4.78, 5) is 0.974. The van der Waals surface area contributed by atoms with Gasteiger partial charge in [-0.1, -0.05) is 0 Å². The molecule has 0 unspecified atom stereocenters. The first-order chi connectivity index (χ1) is 9.01. The van der Waals surface area contributed by atoms with Gasteiger partial charge < -0.3 is 5.32 Å². The van der Waals surface area contributed by atoms with Crippen molar-refractivity contribution in [2.75, 3.05) is 7.05 Å². The molecule has 2 N–H and O–H groups in total. The zero-order valence-corrected chi connectivity index (χ0v) is 14.2. The molecule has 0 fully saturated rings. The second-order valence-electron chi connectivity index (χ2n) is 3.83. The number of halogens is 1. The van der Waals surface area contributed by atoms with E-state index in [0.29, 0.717) is 17.3 Å². The summed E-state index contributed by atoms with van der Waals surface area (Å²) in [6.07, 6.45) is 0. The lowest BCUT2D eigenvalue weighted by Crippen LogP contribution is -2.21. The monoisotopic (exact) mass is 380 g/mol. The van der Waals surface area contributed by atoms with Crippen LogP contribution in [0, 0.1) is 0 Å². The van der Waals surface area contributed by atoms with Gasteiger partial charge in [-0.3, -0.25) is 0 Å². The molecule has 2 rings (SSSR count). The van der Waals surface area contributed by atoms with Gasteiger partial charge in [0.05, 0.1) is 3.79 Å². The van der Waals surface area contributed by atoms with Crippen LogP contribution in [-0.2, 0) is 23.1 Å². The van der Waals surface area contributed by atoms with Crippen LogP contribution >= 0.6 is 38.6 Å². The smallest absolute Gasteiger partial charge is 0.250 e. The van der Waals surface area contributed by atoms with Crippen molar-refractivity contribution in [3.8, 4) is 0 Å². The number of hydrogen-bond donors (Lipinski definition) is 2. The maximum absolute atomic E-state index is 12.1. The van der Waals surface area contributed by atoms with Crippen LogP contribution in [0.1, 0.15) is 10.4 Å². The topological polar surface area (TPSA) is 58.2 Å². The molecule has 0 aliphatic heterocycles. The third-order valence-electron chi connectivity index (χ3n) is 2.34. The first-order valence-electron chi connectivity index (χ1n) is 5.47. The quantitative estimate of drug-likeness (QED) is 0.809. The largest absolute Gasteiger partial charge is 0.316 e. The van der Waals surface area contributed by atoms with Crippen molar-refractivity contribution >= 4 is 48.6 Å². The molecule has 0 bridgehead atoms. The van der Waals surface area contributed by atoms with Gasteiger partial charge in [-0.15, -0.1) is 22.7 Å². The Morgan fingerprint density at radius 2 is 2.11 bits per heavy atom. The van der Waals surface area contributed by atoms with Gasteiger partial charge in [-0.25, -0.2) is 13.1 Å². The van der Waals surface area contributed by atoms with E-state index in [2.05, 4.69) is 26.0 Å². The fourth-order valence-corrected chi connectivity index (χ4v) is 5.25. The van der Waals surface area contributed by atoms with E-state index >= 15 is 0 Å². The third kappa shape index (κ3) is 4.11. The summed E-state index contributed by atoms with van der Waals surface area (Å²) in [5.74, 6) is 0. The SMILES string of the molecule is CNCc1csc(S(=O)(=O)NCc2ccc(Br)s2)c1. The average Bonchev–Trinajstić information content (AvgIpc) is 2.97. The van der Waals surface area contributed by atoms with E-state index in [1.165, 1.54) is 22.7 Å². The van der Waals surface area contributed by atoms with Gasteiger partial charge in [0.2, 0.25) is 10.0 Å². The second-order valence-corrected chi connectivity index (χ2v) is 9.29. The van der Waals surface area contributed by atoms with Crippen LogP contribution < -0.4 is 10.0 Å². The van der Waals surface area contributed by atoms with Crippen LogP contribution in [0.25, 0.3) is 0 Å². The van der Waals surface area contributed by atoms with Gasteiger partial charge in [0.15, 0.2) is 0 Å². The highest BCUT2D eigenvalue weighted by Gasteiger charge is 2.16. The molecular weight excluding hydrogens is 368 g/mol. The highest BCUT2D eigenvalue weighted by molar-refractivity contribution is 9.11. The summed E-state index contributed by atoms with van der Waals surface area (Å²) in [6, 6.07) is 5.51. The van der Waals surface area contributed by atoms with Crippen LogP contribution in [0.2, 0.25) is 0 Å². The van der Waals surface area contributed by atoms with Crippen LogP contribution in [0.5, 0.6) is 0 Å². The van der Waals surface area contributed by atoms with E-state index in [0.717, 1.165) is 14.2 Å². The molecule has 0 aliphatic rings. The van der Waals surface area contributed by atoms with Gasteiger partial charge in [0, 0.05) is 18.0 Å². The molecule has 2 aromatic heterocycles. The molecule has 0 aromatic carbocycles. The van der Waals surface area contributed by atoms with Crippen molar-refractivity contribution in [2.45, 2.75) is 17.3 Å². The predicted molar refractivity (Wildman–Crippen MR) is 83.1 cm³/mol. The molecule has 0 amide bonds. The highest BCUT2D eigenvalue weighted by Crippen LogP contribution is 2.23. The molecule has 0 atom stereocenters. The molecule has 0 saturated carbocycles. The standard InChI is InChI=1S/C11H13BrN2O2S3/c1-13-5-8-4-11(17-7-8)19(15,16)14-6-9-2-3-10(12)18-9/h2-4,7,13-14H,5-6H2,1H3. The van der Waals surface area contributed by atoms with Crippen LogP contribution in [0.3, 0.4) is 0 Å². The molecular formula is C11H13BrN2O2S3. The summed E-state index contributed by atoms with van der Waals surface area (Å²) in [5.41, 5.74) is 0.978. The van der Waals surface area contributed by atoms with E-state index in [1.54, 1.807) is 6.07 Å². The summed E-state index contributed by atoms with van der Waals surface area (Å²) >= 11 is 6.12. The van der Waals surface area contributed by atoms with E-state index in [1.807, 2.05) is 24.6 Å². The summed E-state index contributed by atoms with van der Waals surface area (Å²) in [6.45, 7) is 0.988. The molecule has 0 radical (unpaired) electrons. The minimum Gasteiger partial charge on any atom is -0.316 e. The Labute approximate surface area is 129 Å². The highest BCUT2D eigenvalue weighted by atomic mass is 79.9. The number of nitrogens with one attached hydrogen (secondary N) is 2. The molecule has 0 spiro atoms. The van der Waals surface area contributed by atoms with Gasteiger partial charge in [0.25, 0.3) is 0 Å². The lowest BCUT2D eigenvalue weighted by Gasteiger charge is -2.02. The maximum Gasteiger partial charge on any atom is 0.250 e. The molecule has 19 heavy (non-hydrogen) atoms. The van der Waals surface area contributed by atoms with Gasteiger partial charge >= 0.3 is 0 Å². The zero-order valence-electron chi connectivity index (χ0n) is 10.1. The number of sulfonamides is 1. The normalized spacial score (nSPS) is 11.9. The second kappa shape index (κ2) is 6.47. The van der Waals surface area contributed by atoms with E-state index in [-0.39, 0.29) is 0 Å². The van der Waals surface area contributed by atoms with Crippen molar-refractivity contribution in [1.82, 2.24) is 10.0 Å². The molecule has 2 heterocycles. The maximum atomic E-state index is 12.1. The van der Waals surface area contributed by atoms with E-state index in [9.17, 15) is 8.42 Å². The van der Waals surface area contributed by atoms with Crippen molar-refractivity contribution in [2.24, 2.45) is 0 Å². The molecule has 0 saturated heterocycles. The summed E-state index contributed by atoms with van der Waals surface area (Å²) in [5, 5.41) is 4.85. The Morgan fingerprint density at radius 3 is 2.74 bits per heavy atom. The fourth-order valence-electron chi connectivity index (χ4n) is 1.47. The van der Waals surface area contributed by atoms with E-state index in [4.69, 9.17) is 0 Å². The van der Waals surface area contributed by atoms with E-state index < -0.39 is 10.0 Å². The fraction of sp³-hybridized carbons (Fsp3) is 0.273. The molecule has 2 aromatic rings. The van der Waals surface area contributed by atoms with Gasteiger partial charge in [0.1, 0.15) is 4.21 Å². The Kier molecular flexibility index (Phi) is 5.15. The van der Waals surface area contributed by atoms with Crippen molar-refractivity contribution in [3.05, 3.63) is 37.8 Å². The van der Waals surface area contributed by atoms with Crippen LogP contribution in [0.4, 0.5) is 0 Å². The molecule has 4 nitrogen and oxygen atoms in total. The first-order valence-corrected chi connectivity index (χ1v) is 9.44. The number of thiophene rings is 2. The Bertz CT molecular complexity index is 648. The average molecular weight is 381 g/mol. The lowest BCUT2D eigenvalue weighted by molar-refractivity contribution is 0.584. The van der Waals surface area contributed by atoms with Crippen LogP contribution in [0.15, 0.2) is 31.6 Å². The summed E-state index contributed by atoms with van der Waals surface area (Å²) < 4.78 is 28.2. The number of rotatable bonds is 6. The Morgan fingerprint density at radius 1 is 1.32 bits per heavy atom. The number of hydrogen-bond acceptors (Lipinski definition) is 5. The minimum absolute atomic E-state index is 0.317. The Hall–Kier alpha value is -0.250. The van der Waals surface area contributed by atoms with Gasteiger partial charge in [-0.05, 0) is 52.1 Å². The molecule has 8 heteroatoms. The van der Waals surface area contributed by atoms with Crippen molar-refractivity contribution < 1.29 is 8.42 Å². The predicted octanol–water partition coefficient (Wildman–Crippen LogP) is 2.77. The summed E-state index contributed by atoms with van der Waals surface area (Å²) in [7, 11) is -1.58. The lowest BCUT2D eigenvalue weighted by atomic mass is 10.3.